The van der Waals surface area contributed by atoms with Gasteiger partial charge < -0.3 is 34.1 Å². The predicted molar refractivity (Wildman–Crippen MR) is 144 cm³/mol. The van der Waals surface area contributed by atoms with Crippen LogP contribution < -0.4 is 5.32 Å². The standard InChI is InChI=1S/C29H47NO8/c1-18(11-14-25-27(33)28(6,34-8)17-29(7,35-9)38-25)10-13-24-19(2)16-23(21(4)37-24)30-26(32)15-12-20(3)36-22(5)31/h10-12,14-15,19-21,23-25,27,33H,13,16-17H2,1-9H3,(H,30,32)/b14-11+,15-12-,18-10+/t19?,20?,21?,23?,24-,25+,27?,28+,29-/m0/s1. The molecular formula is C29H47NO8. The number of carbonyl (C=O) groups excluding carboxylic acids is 2. The Hall–Kier alpha value is -2.04. The average Bonchev–Trinajstić information content (AvgIpc) is 2.85. The number of ether oxygens (including phenoxy) is 5. The molecule has 2 rings (SSSR count). The first kappa shape index (κ1) is 32.2. The van der Waals surface area contributed by atoms with Crippen LogP contribution in [0.3, 0.4) is 0 Å². The number of esters is 1. The molecule has 0 aliphatic carbocycles. The molecule has 0 aromatic heterocycles. The molecule has 5 unspecified atom stereocenters. The van der Waals surface area contributed by atoms with Crippen LogP contribution >= 0.6 is 0 Å². The van der Waals surface area contributed by atoms with Gasteiger partial charge in [0.05, 0.1) is 23.9 Å². The number of aliphatic hydroxyl groups excluding tert-OH is 1. The molecule has 2 aliphatic heterocycles. The monoisotopic (exact) mass is 537 g/mol. The summed E-state index contributed by atoms with van der Waals surface area (Å²) < 4.78 is 28.5. The summed E-state index contributed by atoms with van der Waals surface area (Å²) in [6.45, 7) is 12.8. The summed E-state index contributed by atoms with van der Waals surface area (Å²) in [5.41, 5.74) is 0.231. The van der Waals surface area contributed by atoms with E-state index in [4.69, 9.17) is 23.7 Å². The zero-order valence-corrected chi connectivity index (χ0v) is 24.4. The second kappa shape index (κ2) is 13.8. The highest BCUT2D eigenvalue weighted by molar-refractivity contribution is 5.87. The summed E-state index contributed by atoms with van der Waals surface area (Å²) in [7, 11) is 3.17. The molecule has 0 aromatic carbocycles. The van der Waals surface area contributed by atoms with E-state index in [9.17, 15) is 14.7 Å². The highest BCUT2D eigenvalue weighted by Crippen LogP contribution is 2.39. The SMILES string of the molecule is CO[C@]1(C)C[C@@](C)(OC)C(O)[C@@H](/C=C/C(C)=C/C[C@@H]2OC(C)C(NC(=O)/C=C\C(C)OC(C)=O)CC2C)O1. The molecule has 2 aliphatic rings. The van der Waals surface area contributed by atoms with Crippen LogP contribution in [0.2, 0.25) is 0 Å². The van der Waals surface area contributed by atoms with Crippen LogP contribution in [0.25, 0.3) is 0 Å². The largest absolute Gasteiger partial charge is 0.459 e. The van der Waals surface area contributed by atoms with Crippen molar-refractivity contribution in [3.05, 3.63) is 36.0 Å². The lowest BCUT2D eigenvalue weighted by atomic mass is 9.84. The van der Waals surface area contributed by atoms with Crippen molar-refractivity contribution in [2.75, 3.05) is 14.2 Å². The first-order valence-electron chi connectivity index (χ1n) is 13.3. The molecular weight excluding hydrogens is 490 g/mol. The summed E-state index contributed by atoms with van der Waals surface area (Å²) in [5, 5.41) is 13.9. The molecule has 216 valence electrons. The number of carbonyl (C=O) groups is 2. The molecule has 0 bridgehead atoms. The van der Waals surface area contributed by atoms with Gasteiger partial charge in [0.2, 0.25) is 5.91 Å². The van der Waals surface area contributed by atoms with Crippen LogP contribution in [0.5, 0.6) is 0 Å². The zero-order chi connectivity index (χ0) is 28.7. The van der Waals surface area contributed by atoms with Gasteiger partial charge in [0.15, 0.2) is 5.79 Å². The quantitative estimate of drug-likeness (QED) is 0.247. The van der Waals surface area contributed by atoms with E-state index < -0.39 is 29.7 Å². The highest BCUT2D eigenvalue weighted by Gasteiger charge is 2.51. The average molecular weight is 538 g/mol. The van der Waals surface area contributed by atoms with Crippen LogP contribution in [0, 0.1) is 5.92 Å². The minimum atomic E-state index is -0.861. The fourth-order valence-electron chi connectivity index (χ4n) is 5.03. The van der Waals surface area contributed by atoms with Crippen LogP contribution in [-0.4, -0.2) is 79.2 Å². The lowest BCUT2D eigenvalue weighted by Gasteiger charge is -2.48. The van der Waals surface area contributed by atoms with Gasteiger partial charge in [0.1, 0.15) is 18.3 Å². The van der Waals surface area contributed by atoms with Crippen molar-refractivity contribution in [2.45, 2.75) is 116 Å². The van der Waals surface area contributed by atoms with Gasteiger partial charge in [0, 0.05) is 33.6 Å². The van der Waals surface area contributed by atoms with E-state index in [2.05, 4.69) is 18.3 Å². The molecule has 0 saturated carbocycles. The van der Waals surface area contributed by atoms with E-state index in [1.807, 2.05) is 39.8 Å². The van der Waals surface area contributed by atoms with Crippen LogP contribution in [0.1, 0.15) is 67.7 Å². The van der Waals surface area contributed by atoms with Crippen molar-refractivity contribution in [2.24, 2.45) is 5.92 Å². The Kier molecular flexibility index (Phi) is 11.7. The van der Waals surface area contributed by atoms with Gasteiger partial charge in [-0.05, 0) is 59.5 Å². The number of nitrogens with one attached hydrogen (secondary N) is 1. The summed E-state index contributed by atoms with van der Waals surface area (Å²) in [4.78, 5) is 23.3. The number of aliphatic hydroxyl groups is 1. The third-order valence-corrected chi connectivity index (χ3v) is 7.53. The van der Waals surface area contributed by atoms with Crippen molar-refractivity contribution in [3.8, 4) is 0 Å². The number of hydrogen-bond acceptors (Lipinski definition) is 8. The molecule has 0 aromatic rings. The molecule has 9 heteroatoms. The second-order valence-corrected chi connectivity index (χ2v) is 11.0. The summed E-state index contributed by atoms with van der Waals surface area (Å²) in [6.07, 6.45) is 8.77. The van der Waals surface area contributed by atoms with E-state index in [0.29, 0.717) is 6.42 Å². The Labute approximate surface area is 227 Å². The Balaban J connectivity index is 1.93. The maximum atomic E-state index is 12.3. The van der Waals surface area contributed by atoms with Crippen molar-refractivity contribution in [1.82, 2.24) is 5.32 Å². The minimum absolute atomic E-state index is 0.0196. The minimum Gasteiger partial charge on any atom is -0.459 e. The number of methoxy groups -OCH3 is 2. The van der Waals surface area contributed by atoms with Gasteiger partial charge in [-0.3, -0.25) is 9.59 Å². The Morgan fingerprint density at radius 1 is 1.16 bits per heavy atom. The molecule has 0 radical (unpaired) electrons. The van der Waals surface area contributed by atoms with Gasteiger partial charge in [-0.25, -0.2) is 0 Å². The molecule has 1 amide bonds. The summed E-state index contributed by atoms with van der Waals surface area (Å²) >= 11 is 0. The molecule has 9 nitrogen and oxygen atoms in total. The predicted octanol–water partition coefficient (Wildman–Crippen LogP) is 3.60. The summed E-state index contributed by atoms with van der Waals surface area (Å²) in [6, 6.07) is -0.109. The molecule has 2 fully saturated rings. The van der Waals surface area contributed by atoms with E-state index in [1.165, 1.54) is 13.0 Å². The van der Waals surface area contributed by atoms with E-state index in [1.54, 1.807) is 27.2 Å². The van der Waals surface area contributed by atoms with Gasteiger partial charge >= 0.3 is 5.97 Å². The number of allylic oxidation sites excluding steroid dienone is 2. The second-order valence-electron chi connectivity index (χ2n) is 11.0. The fourth-order valence-corrected chi connectivity index (χ4v) is 5.03. The zero-order valence-electron chi connectivity index (χ0n) is 24.4. The van der Waals surface area contributed by atoms with Crippen molar-refractivity contribution < 1.29 is 38.4 Å². The summed E-state index contributed by atoms with van der Waals surface area (Å²) in [5.74, 6) is -1.25. The van der Waals surface area contributed by atoms with E-state index in [0.717, 1.165) is 18.4 Å². The lowest BCUT2D eigenvalue weighted by molar-refractivity contribution is -0.316. The van der Waals surface area contributed by atoms with Gasteiger partial charge in [-0.1, -0.05) is 30.7 Å². The van der Waals surface area contributed by atoms with Crippen molar-refractivity contribution in [3.63, 3.8) is 0 Å². The Bertz CT molecular complexity index is 901. The third-order valence-electron chi connectivity index (χ3n) is 7.53. The van der Waals surface area contributed by atoms with E-state index >= 15 is 0 Å². The maximum Gasteiger partial charge on any atom is 0.303 e. The van der Waals surface area contributed by atoms with Crippen LogP contribution in [0.4, 0.5) is 0 Å². The fraction of sp³-hybridized carbons (Fsp3) is 0.724. The number of rotatable bonds is 10. The van der Waals surface area contributed by atoms with Crippen molar-refractivity contribution in [1.29, 1.82) is 0 Å². The topological polar surface area (TPSA) is 113 Å². The first-order chi connectivity index (χ1) is 17.7. The Morgan fingerprint density at radius 3 is 2.45 bits per heavy atom. The molecule has 2 saturated heterocycles. The van der Waals surface area contributed by atoms with Crippen molar-refractivity contribution >= 4 is 11.9 Å². The highest BCUT2D eigenvalue weighted by atomic mass is 16.7. The number of amides is 1. The van der Waals surface area contributed by atoms with Gasteiger partial charge in [-0.2, -0.15) is 0 Å². The first-order valence-corrected chi connectivity index (χ1v) is 13.3. The third kappa shape index (κ3) is 9.02. The lowest BCUT2D eigenvalue weighted by Crippen LogP contribution is -2.60. The molecule has 2 heterocycles. The maximum absolute atomic E-state index is 12.3. The molecule has 0 spiro atoms. The van der Waals surface area contributed by atoms with Gasteiger partial charge in [0.25, 0.3) is 0 Å². The van der Waals surface area contributed by atoms with Crippen LogP contribution in [0.15, 0.2) is 36.0 Å². The van der Waals surface area contributed by atoms with Gasteiger partial charge in [-0.15, -0.1) is 0 Å². The normalized spacial score (nSPS) is 37.4. The Morgan fingerprint density at radius 2 is 1.84 bits per heavy atom. The number of hydrogen-bond donors (Lipinski definition) is 2. The molecule has 2 N–H and O–H groups in total. The van der Waals surface area contributed by atoms with E-state index in [-0.39, 0.29) is 36.0 Å². The van der Waals surface area contributed by atoms with Crippen LogP contribution in [-0.2, 0) is 33.3 Å². The smallest absolute Gasteiger partial charge is 0.303 e. The molecule has 9 atom stereocenters. The molecule has 38 heavy (non-hydrogen) atoms.